The van der Waals surface area contributed by atoms with Crippen LogP contribution in [0, 0.1) is 12.8 Å². The van der Waals surface area contributed by atoms with Gasteiger partial charge in [-0.15, -0.1) is 0 Å². The van der Waals surface area contributed by atoms with Gasteiger partial charge in [0.05, 0.1) is 23.9 Å². The zero-order valence-electron chi connectivity index (χ0n) is 24.3. The van der Waals surface area contributed by atoms with Crippen molar-refractivity contribution < 1.29 is 14.3 Å². The molecule has 9 heteroatoms. The van der Waals surface area contributed by atoms with E-state index in [-0.39, 0.29) is 29.5 Å². The number of aryl methyl sites for hydroxylation is 1. The molecule has 1 aromatic heterocycles. The molecule has 1 aliphatic rings. The van der Waals surface area contributed by atoms with Gasteiger partial charge < -0.3 is 15.0 Å². The van der Waals surface area contributed by atoms with E-state index in [1.165, 1.54) is 4.68 Å². The predicted octanol–water partition coefficient (Wildman–Crippen LogP) is 5.37. The Bertz CT molecular complexity index is 1580. The molecule has 1 fully saturated rings. The molecule has 1 aliphatic heterocycles. The minimum Gasteiger partial charge on any atom is -0.462 e. The SMILES string of the molecule is CCOC(=O)c1cc(NC(=O)CC2CCN(c3ccc(-n4cnn(C(C)c5ccccc5)c4=O)cc3)CC2)ccc1C. The summed E-state index contributed by atoms with van der Waals surface area (Å²) in [6, 6.07) is 23.0. The zero-order chi connectivity index (χ0) is 29.6. The minimum atomic E-state index is -0.383. The lowest BCUT2D eigenvalue weighted by Gasteiger charge is -2.33. The van der Waals surface area contributed by atoms with E-state index in [4.69, 9.17) is 4.74 Å². The van der Waals surface area contributed by atoms with Crippen LogP contribution in [-0.2, 0) is 9.53 Å². The third kappa shape index (κ3) is 6.46. The Balaban J connectivity index is 1.15. The lowest BCUT2D eigenvalue weighted by atomic mass is 9.93. The monoisotopic (exact) mass is 567 g/mol. The molecule has 1 saturated heterocycles. The first-order chi connectivity index (χ1) is 20.3. The van der Waals surface area contributed by atoms with Crippen molar-refractivity contribution in [1.29, 1.82) is 0 Å². The molecule has 1 amide bonds. The van der Waals surface area contributed by atoms with E-state index in [0.717, 1.165) is 48.4 Å². The minimum absolute atomic E-state index is 0.0518. The highest BCUT2D eigenvalue weighted by molar-refractivity contribution is 5.95. The first-order valence-electron chi connectivity index (χ1n) is 14.5. The molecule has 0 aliphatic carbocycles. The predicted molar refractivity (Wildman–Crippen MR) is 163 cm³/mol. The number of aromatic nitrogens is 3. The number of anilines is 2. The van der Waals surface area contributed by atoms with Crippen molar-refractivity contribution >= 4 is 23.3 Å². The van der Waals surface area contributed by atoms with Crippen molar-refractivity contribution in [2.45, 2.75) is 46.1 Å². The highest BCUT2D eigenvalue weighted by Gasteiger charge is 2.23. The number of amides is 1. The Morgan fingerprint density at radius 2 is 1.69 bits per heavy atom. The molecule has 0 radical (unpaired) electrons. The van der Waals surface area contributed by atoms with Gasteiger partial charge in [0.2, 0.25) is 5.91 Å². The summed E-state index contributed by atoms with van der Waals surface area (Å²) in [5, 5.41) is 7.31. The molecule has 0 spiro atoms. The number of esters is 1. The van der Waals surface area contributed by atoms with Crippen molar-refractivity contribution in [3.05, 3.63) is 106 Å². The summed E-state index contributed by atoms with van der Waals surface area (Å²) in [6.07, 6.45) is 3.81. The summed E-state index contributed by atoms with van der Waals surface area (Å²) in [6.45, 7) is 7.59. The van der Waals surface area contributed by atoms with Crippen LogP contribution in [0.1, 0.15) is 60.6 Å². The Labute approximate surface area is 245 Å². The normalized spacial score (nSPS) is 14.4. The Kier molecular flexibility index (Phi) is 8.85. The van der Waals surface area contributed by atoms with Gasteiger partial charge in [0, 0.05) is 30.9 Å². The van der Waals surface area contributed by atoms with Crippen LogP contribution in [0.25, 0.3) is 5.69 Å². The molecule has 2 heterocycles. The molecule has 9 nitrogen and oxygen atoms in total. The van der Waals surface area contributed by atoms with Gasteiger partial charge in [-0.2, -0.15) is 5.10 Å². The fraction of sp³-hybridized carbons (Fsp3) is 0.333. The smallest absolute Gasteiger partial charge is 0.350 e. The van der Waals surface area contributed by atoms with Crippen LogP contribution in [0.2, 0.25) is 0 Å². The maximum absolute atomic E-state index is 13.1. The summed E-state index contributed by atoms with van der Waals surface area (Å²) >= 11 is 0. The molecule has 0 saturated carbocycles. The van der Waals surface area contributed by atoms with E-state index in [2.05, 4.69) is 15.3 Å². The molecule has 5 rings (SSSR count). The standard InChI is InChI=1S/C33H37N5O4/c1-4-42-32(40)30-21-27(11-10-23(30)2)35-31(39)20-25-16-18-36(19-17-25)28-12-14-29(15-13-28)37-22-34-38(33(37)41)24(3)26-8-6-5-7-9-26/h5-15,21-22,24-25H,4,16-20H2,1-3H3,(H,35,39). The quantitative estimate of drug-likeness (QED) is 0.273. The topological polar surface area (TPSA) is 98.5 Å². The van der Waals surface area contributed by atoms with E-state index in [1.54, 1.807) is 23.9 Å². The summed E-state index contributed by atoms with van der Waals surface area (Å²) in [7, 11) is 0. The van der Waals surface area contributed by atoms with Gasteiger partial charge in [-0.25, -0.2) is 18.8 Å². The van der Waals surface area contributed by atoms with Crippen LogP contribution in [0.15, 0.2) is 83.9 Å². The zero-order valence-corrected chi connectivity index (χ0v) is 24.3. The number of carbonyl (C=O) groups is 2. The largest absolute Gasteiger partial charge is 0.462 e. The van der Waals surface area contributed by atoms with E-state index < -0.39 is 0 Å². The molecule has 1 atom stereocenters. The second-order valence-corrected chi connectivity index (χ2v) is 10.8. The Morgan fingerprint density at radius 3 is 2.38 bits per heavy atom. The van der Waals surface area contributed by atoms with Gasteiger partial charge >= 0.3 is 11.7 Å². The van der Waals surface area contributed by atoms with Crippen LogP contribution < -0.4 is 15.9 Å². The van der Waals surface area contributed by atoms with Gasteiger partial charge in [-0.05, 0) is 87.1 Å². The number of hydrogen-bond donors (Lipinski definition) is 1. The van der Waals surface area contributed by atoms with E-state index >= 15 is 0 Å². The molecule has 0 bridgehead atoms. The number of ether oxygens (including phenoxy) is 1. The highest BCUT2D eigenvalue weighted by atomic mass is 16.5. The first-order valence-corrected chi connectivity index (χ1v) is 14.5. The van der Waals surface area contributed by atoms with Crippen molar-refractivity contribution in [2.75, 3.05) is 29.9 Å². The van der Waals surface area contributed by atoms with E-state index in [9.17, 15) is 14.4 Å². The van der Waals surface area contributed by atoms with Crippen LogP contribution in [0.5, 0.6) is 0 Å². The maximum atomic E-state index is 13.1. The van der Waals surface area contributed by atoms with Crippen molar-refractivity contribution in [1.82, 2.24) is 14.3 Å². The molecule has 4 aromatic rings. The third-order valence-electron chi connectivity index (χ3n) is 7.94. The van der Waals surface area contributed by atoms with E-state index in [1.807, 2.05) is 80.6 Å². The molecule has 218 valence electrons. The number of hydrogen-bond acceptors (Lipinski definition) is 6. The fourth-order valence-corrected chi connectivity index (χ4v) is 5.45. The summed E-state index contributed by atoms with van der Waals surface area (Å²) in [4.78, 5) is 40.4. The molecular formula is C33H37N5O4. The van der Waals surface area contributed by atoms with Crippen LogP contribution in [-0.4, -0.2) is 45.9 Å². The van der Waals surface area contributed by atoms with Gasteiger partial charge in [-0.3, -0.25) is 4.79 Å². The second-order valence-electron chi connectivity index (χ2n) is 10.8. The molecule has 42 heavy (non-hydrogen) atoms. The Hall–Kier alpha value is -4.66. The molecule has 3 aromatic carbocycles. The number of benzene rings is 3. The summed E-state index contributed by atoms with van der Waals surface area (Å²) < 4.78 is 8.19. The first kappa shape index (κ1) is 28.9. The molecular weight excluding hydrogens is 530 g/mol. The Morgan fingerprint density at radius 1 is 1.00 bits per heavy atom. The van der Waals surface area contributed by atoms with Gasteiger partial charge in [0.15, 0.2) is 0 Å². The molecule has 1 unspecified atom stereocenters. The van der Waals surface area contributed by atoms with Crippen molar-refractivity contribution in [2.24, 2.45) is 5.92 Å². The highest BCUT2D eigenvalue weighted by Crippen LogP contribution is 2.27. The third-order valence-corrected chi connectivity index (χ3v) is 7.94. The number of rotatable bonds is 9. The van der Waals surface area contributed by atoms with Gasteiger partial charge in [0.25, 0.3) is 0 Å². The van der Waals surface area contributed by atoms with Gasteiger partial charge in [-0.1, -0.05) is 36.4 Å². The van der Waals surface area contributed by atoms with Crippen molar-refractivity contribution in [3.8, 4) is 5.69 Å². The number of carbonyl (C=O) groups excluding carboxylic acids is 2. The van der Waals surface area contributed by atoms with Crippen LogP contribution in [0.3, 0.4) is 0 Å². The van der Waals surface area contributed by atoms with Crippen LogP contribution in [0.4, 0.5) is 11.4 Å². The lowest BCUT2D eigenvalue weighted by molar-refractivity contribution is -0.117. The average Bonchev–Trinajstić information content (AvgIpc) is 3.39. The van der Waals surface area contributed by atoms with Crippen LogP contribution >= 0.6 is 0 Å². The molecule has 1 N–H and O–H groups in total. The fourth-order valence-electron chi connectivity index (χ4n) is 5.45. The second kappa shape index (κ2) is 12.9. The summed E-state index contributed by atoms with van der Waals surface area (Å²) in [5.41, 5.74) is 4.58. The number of nitrogens with zero attached hydrogens (tertiary/aromatic N) is 4. The van der Waals surface area contributed by atoms with E-state index in [0.29, 0.717) is 24.3 Å². The number of piperidine rings is 1. The number of nitrogens with one attached hydrogen (secondary N) is 1. The van der Waals surface area contributed by atoms with Gasteiger partial charge in [0.1, 0.15) is 6.33 Å². The lowest BCUT2D eigenvalue weighted by Crippen LogP contribution is -2.35. The summed E-state index contributed by atoms with van der Waals surface area (Å²) in [5.74, 6) is -0.151. The van der Waals surface area contributed by atoms with Crippen molar-refractivity contribution in [3.63, 3.8) is 0 Å². The average molecular weight is 568 g/mol. The maximum Gasteiger partial charge on any atom is 0.350 e.